The van der Waals surface area contributed by atoms with Crippen molar-refractivity contribution in [2.45, 2.75) is 155 Å². The molecule has 29 heavy (non-hydrogen) atoms. The summed E-state index contributed by atoms with van der Waals surface area (Å²) in [6, 6.07) is 0. The van der Waals surface area contributed by atoms with Gasteiger partial charge in [0.15, 0.2) is 0 Å². The molecule has 0 radical (unpaired) electrons. The first-order chi connectivity index (χ1) is 14.2. The molecule has 2 nitrogen and oxygen atoms in total. The van der Waals surface area contributed by atoms with E-state index in [2.05, 4.69) is 19.9 Å². The fourth-order valence-corrected chi connectivity index (χ4v) is 4.04. The predicted molar refractivity (Wildman–Crippen MR) is 130 cm³/mol. The number of carbonyl (C=O) groups is 1. The average molecular weight is 408 g/mol. The van der Waals surface area contributed by atoms with E-state index in [0.717, 1.165) is 24.8 Å². The fraction of sp³-hybridized carbons (Fsp3) is 0.889. The number of rotatable bonds is 23. The lowest BCUT2D eigenvalue weighted by molar-refractivity contribution is -0.114. The van der Waals surface area contributed by atoms with Crippen LogP contribution in [0.5, 0.6) is 0 Å². The Bertz CT molecular complexity index is 375. The molecule has 0 atom stereocenters. The van der Waals surface area contributed by atoms with Crippen molar-refractivity contribution in [3.05, 3.63) is 11.6 Å². The van der Waals surface area contributed by atoms with Crippen molar-refractivity contribution < 1.29 is 4.79 Å². The third-order valence-electron chi connectivity index (χ3n) is 6.06. The van der Waals surface area contributed by atoms with Crippen LogP contribution in [0.4, 0.5) is 0 Å². The van der Waals surface area contributed by atoms with Gasteiger partial charge in [-0.25, -0.2) is 0 Å². The highest BCUT2D eigenvalue weighted by Gasteiger charge is 2.04. The molecule has 0 unspecified atom stereocenters. The van der Waals surface area contributed by atoms with Crippen molar-refractivity contribution in [3.8, 4) is 0 Å². The number of hydrogen-bond acceptors (Lipinski definition) is 1. The van der Waals surface area contributed by atoms with Crippen LogP contribution in [0.2, 0.25) is 0 Å². The standard InChI is InChI=1S/C27H53NO/c1-3-5-7-9-11-13-15-17-19-21-23-25-26(27(28)29)24-22-20-18-16-14-12-10-8-6-4-2/h25H,3-24H2,1-2H3,(H2,28,29). The Balaban J connectivity index is 3.56. The summed E-state index contributed by atoms with van der Waals surface area (Å²) in [7, 11) is 0. The Morgan fingerprint density at radius 1 is 0.552 bits per heavy atom. The van der Waals surface area contributed by atoms with Crippen LogP contribution in [-0.4, -0.2) is 5.91 Å². The summed E-state index contributed by atoms with van der Waals surface area (Å²) in [5, 5.41) is 0. The Hall–Kier alpha value is -0.790. The van der Waals surface area contributed by atoms with Crippen LogP contribution in [0, 0.1) is 0 Å². The minimum Gasteiger partial charge on any atom is -0.366 e. The number of hydrogen-bond donors (Lipinski definition) is 1. The average Bonchev–Trinajstić information content (AvgIpc) is 2.71. The molecule has 0 fully saturated rings. The molecule has 2 N–H and O–H groups in total. The van der Waals surface area contributed by atoms with Gasteiger partial charge in [0.2, 0.25) is 5.91 Å². The molecule has 0 saturated heterocycles. The highest BCUT2D eigenvalue weighted by molar-refractivity contribution is 5.91. The number of carbonyl (C=O) groups excluding carboxylic acids is 1. The Labute approximate surface area is 183 Å². The second kappa shape index (κ2) is 23.5. The molecule has 0 aromatic heterocycles. The van der Waals surface area contributed by atoms with Crippen LogP contribution in [0.1, 0.15) is 155 Å². The normalized spacial score (nSPS) is 11.9. The van der Waals surface area contributed by atoms with E-state index in [-0.39, 0.29) is 5.91 Å². The number of primary amides is 1. The lowest BCUT2D eigenvalue weighted by Crippen LogP contribution is -2.14. The molecule has 1 amide bonds. The zero-order chi connectivity index (χ0) is 21.4. The molecule has 0 aliphatic carbocycles. The second-order valence-corrected chi connectivity index (χ2v) is 9.00. The topological polar surface area (TPSA) is 43.1 Å². The van der Waals surface area contributed by atoms with Gasteiger partial charge in [-0.05, 0) is 25.7 Å². The van der Waals surface area contributed by atoms with E-state index in [0.29, 0.717) is 0 Å². The summed E-state index contributed by atoms with van der Waals surface area (Å²) in [6.45, 7) is 4.54. The smallest absolute Gasteiger partial charge is 0.244 e. The number of nitrogens with two attached hydrogens (primary N) is 1. The molecular formula is C27H53NO. The maximum atomic E-state index is 11.7. The van der Waals surface area contributed by atoms with Gasteiger partial charge in [-0.3, -0.25) is 4.79 Å². The second-order valence-electron chi connectivity index (χ2n) is 9.00. The molecule has 0 heterocycles. The quantitative estimate of drug-likeness (QED) is 0.133. The molecule has 0 aliphatic heterocycles. The first-order valence-electron chi connectivity index (χ1n) is 13.2. The number of amides is 1. The van der Waals surface area contributed by atoms with Crippen LogP contribution in [0.25, 0.3) is 0 Å². The van der Waals surface area contributed by atoms with Crippen molar-refractivity contribution >= 4 is 5.91 Å². The fourth-order valence-electron chi connectivity index (χ4n) is 4.04. The van der Waals surface area contributed by atoms with Gasteiger partial charge in [-0.15, -0.1) is 0 Å². The highest BCUT2D eigenvalue weighted by atomic mass is 16.1. The summed E-state index contributed by atoms with van der Waals surface area (Å²) in [5.41, 5.74) is 6.46. The molecule has 0 aliphatic rings. The van der Waals surface area contributed by atoms with E-state index in [1.807, 2.05) is 0 Å². The van der Waals surface area contributed by atoms with Crippen molar-refractivity contribution in [1.82, 2.24) is 0 Å². The maximum Gasteiger partial charge on any atom is 0.244 e. The molecule has 0 aromatic carbocycles. The van der Waals surface area contributed by atoms with E-state index in [1.165, 1.54) is 122 Å². The minimum atomic E-state index is -0.201. The lowest BCUT2D eigenvalue weighted by atomic mass is 10.0. The van der Waals surface area contributed by atoms with Crippen molar-refractivity contribution in [2.24, 2.45) is 5.73 Å². The van der Waals surface area contributed by atoms with E-state index in [1.54, 1.807) is 0 Å². The third-order valence-corrected chi connectivity index (χ3v) is 6.06. The highest BCUT2D eigenvalue weighted by Crippen LogP contribution is 2.16. The van der Waals surface area contributed by atoms with Gasteiger partial charge in [0.25, 0.3) is 0 Å². The van der Waals surface area contributed by atoms with Crippen molar-refractivity contribution in [3.63, 3.8) is 0 Å². The van der Waals surface area contributed by atoms with Gasteiger partial charge < -0.3 is 5.73 Å². The zero-order valence-corrected chi connectivity index (χ0v) is 20.1. The Morgan fingerprint density at radius 2 is 0.897 bits per heavy atom. The maximum absolute atomic E-state index is 11.7. The van der Waals surface area contributed by atoms with Crippen LogP contribution < -0.4 is 5.73 Å². The van der Waals surface area contributed by atoms with Gasteiger partial charge >= 0.3 is 0 Å². The summed E-state index contributed by atoms with van der Waals surface area (Å²) >= 11 is 0. The molecule has 2 heteroatoms. The predicted octanol–water partition coefficient (Wildman–Crippen LogP) is 9.02. The van der Waals surface area contributed by atoms with E-state index >= 15 is 0 Å². The largest absolute Gasteiger partial charge is 0.366 e. The van der Waals surface area contributed by atoms with E-state index < -0.39 is 0 Å². The van der Waals surface area contributed by atoms with E-state index in [9.17, 15) is 4.79 Å². The van der Waals surface area contributed by atoms with Gasteiger partial charge in [-0.1, -0.05) is 135 Å². The molecule has 0 aromatic rings. The molecule has 0 spiro atoms. The summed E-state index contributed by atoms with van der Waals surface area (Å²) in [6.07, 6.45) is 30.9. The van der Waals surface area contributed by atoms with Crippen LogP contribution in [0.15, 0.2) is 11.6 Å². The first kappa shape index (κ1) is 28.2. The minimum absolute atomic E-state index is 0.201. The lowest BCUT2D eigenvalue weighted by Gasteiger charge is -2.05. The summed E-state index contributed by atoms with van der Waals surface area (Å²) < 4.78 is 0. The van der Waals surface area contributed by atoms with E-state index in [4.69, 9.17) is 5.73 Å². The zero-order valence-electron chi connectivity index (χ0n) is 20.1. The van der Waals surface area contributed by atoms with Crippen molar-refractivity contribution in [1.29, 1.82) is 0 Å². The van der Waals surface area contributed by atoms with Crippen LogP contribution >= 0.6 is 0 Å². The van der Waals surface area contributed by atoms with Gasteiger partial charge in [0.05, 0.1) is 0 Å². The Kier molecular flexibility index (Phi) is 22.8. The first-order valence-corrected chi connectivity index (χ1v) is 13.2. The van der Waals surface area contributed by atoms with Crippen LogP contribution in [0.3, 0.4) is 0 Å². The Morgan fingerprint density at radius 3 is 1.28 bits per heavy atom. The number of allylic oxidation sites excluding steroid dienone is 1. The third kappa shape index (κ3) is 21.7. The monoisotopic (exact) mass is 407 g/mol. The summed E-state index contributed by atoms with van der Waals surface area (Å²) in [4.78, 5) is 11.7. The van der Waals surface area contributed by atoms with Gasteiger partial charge in [0, 0.05) is 5.57 Å². The molecule has 0 bridgehead atoms. The van der Waals surface area contributed by atoms with Gasteiger partial charge in [0.1, 0.15) is 0 Å². The van der Waals surface area contributed by atoms with Crippen LogP contribution in [-0.2, 0) is 4.79 Å². The summed E-state index contributed by atoms with van der Waals surface area (Å²) in [5.74, 6) is -0.201. The molecule has 172 valence electrons. The molecule has 0 rings (SSSR count). The molecule has 0 saturated carbocycles. The van der Waals surface area contributed by atoms with Gasteiger partial charge in [-0.2, -0.15) is 0 Å². The SMILES string of the molecule is CCCCCCCCCCCCC=C(CCCCCCCCCCCC)C(N)=O. The molecular weight excluding hydrogens is 354 g/mol. The van der Waals surface area contributed by atoms with Crippen molar-refractivity contribution in [2.75, 3.05) is 0 Å². The number of unbranched alkanes of at least 4 members (excludes halogenated alkanes) is 19.